The van der Waals surface area contributed by atoms with Gasteiger partial charge in [0.05, 0.1) is 0 Å². The van der Waals surface area contributed by atoms with Crippen LogP contribution in [0.25, 0.3) is 0 Å². The zero-order valence-corrected chi connectivity index (χ0v) is 7.70. The number of hydrogen-bond acceptors (Lipinski definition) is 0. The van der Waals surface area contributed by atoms with Crippen molar-refractivity contribution in [1.82, 2.24) is 0 Å². The number of rotatable bonds is 0. The van der Waals surface area contributed by atoms with E-state index in [0.29, 0.717) is 0 Å². The molecule has 0 saturated heterocycles. The Hall–Kier alpha value is 0.0800. The molecule has 1 aromatic rings. The fourth-order valence-electron chi connectivity index (χ4n) is 0.659. The third-order valence-electron chi connectivity index (χ3n) is 1.30. The molecule has 0 aliphatic rings. The summed E-state index contributed by atoms with van der Waals surface area (Å²) in [7, 11) is 5.38. The Morgan fingerprint density at radius 3 is 2.33 bits per heavy atom. The van der Waals surface area contributed by atoms with Gasteiger partial charge < -0.3 is 0 Å². The lowest BCUT2D eigenvalue weighted by Crippen LogP contribution is -2.02. The van der Waals surface area contributed by atoms with E-state index in [-0.39, 0.29) is 0 Å². The van der Waals surface area contributed by atoms with Crippen molar-refractivity contribution < 1.29 is 0 Å². The SMILES string of the molecule is Cc1ccc(P)cc1P. The molecule has 9 heavy (non-hydrogen) atoms. The second kappa shape index (κ2) is 2.78. The minimum atomic E-state index is 1.24. The van der Waals surface area contributed by atoms with Gasteiger partial charge in [0.2, 0.25) is 0 Å². The Balaban J connectivity index is 3.17. The molecule has 2 heteroatoms. The maximum atomic E-state index is 2.71. The van der Waals surface area contributed by atoms with Crippen molar-refractivity contribution in [2.24, 2.45) is 0 Å². The van der Waals surface area contributed by atoms with Gasteiger partial charge in [0, 0.05) is 0 Å². The average Bonchev–Trinajstić information content (AvgIpc) is 1.80. The largest absolute Gasteiger partial charge is 0.106 e. The van der Waals surface area contributed by atoms with Gasteiger partial charge >= 0.3 is 0 Å². The van der Waals surface area contributed by atoms with Crippen LogP contribution >= 0.6 is 18.5 Å². The van der Waals surface area contributed by atoms with E-state index >= 15 is 0 Å². The van der Waals surface area contributed by atoms with Crippen LogP contribution in [0, 0.1) is 6.92 Å². The molecule has 0 aromatic heterocycles. The normalized spacial score (nSPS) is 9.67. The number of benzene rings is 1. The van der Waals surface area contributed by atoms with Crippen LogP contribution in [-0.4, -0.2) is 0 Å². The van der Waals surface area contributed by atoms with E-state index in [0.717, 1.165) is 0 Å². The van der Waals surface area contributed by atoms with E-state index in [9.17, 15) is 0 Å². The van der Waals surface area contributed by atoms with Crippen molar-refractivity contribution in [2.45, 2.75) is 6.92 Å². The van der Waals surface area contributed by atoms with Crippen molar-refractivity contribution in [3.63, 3.8) is 0 Å². The van der Waals surface area contributed by atoms with E-state index in [1.165, 1.54) is 16.2 Å². The van der Waals surface area contributed by atoms with Crippen LogP contribution in [0.15, 0.2) is 18.2 Å². The monoisotopic (exact) mass is 156 g/mol. The smallest absolute Gasteiger partial charge is 0.0267 e. The first-order valence-electron chi connectivity index (χ1n) is 2.82. The first-order chi connectivity index (χ1) is 4.20. The molecule has 0 aliphatic heterocycles. The lowest BCUT2D eigenvalue weighted by Gasteiger charge is -1.98. The molecule has 2 atom stereocenters. The van der Waals surface area contributed by atoms with E-state index in [1.54, 1.807) is 0 Å². The predicted octanol–water partition coefficient (Wildman–Crippen LogP) is 0.996. The molecule has 2 unspecified atom stereocenters. The fraction of sp³-hybridized carbons (Fsp3) is 0.143. The van der Waals surface area contributed by atoms with Crippen molar-refractivity contribution in [3.8, 4) is 0 Å². The third kappa shape index (κ3) is 1.75. The van der Waals surface area contributed by atoms with Gasteiger partial charge in [-0.05, 0) is 29.2 Å². The van der Waals surface area contributed by atoms with Gasteiger partial charge in [0.15, 0.2) is 0 Å². The van der Waals surface area contributed by atoms with Crippen LogP contribution in [0.4, 0.5) is 0 Å². The van der Waals surface area contributed by atoms with Crippen LogP contribution in [0.1, 0.15) is 5.56 Å². The first-order valence-corrected chi connectivity index (χ1v) is 3.97. The molecular weight excluding hydrogens is 146 g/mol. The second-order valence-electron chi connectivity index (χ2n) is 2.12. The third-order valence-corrected chi connectivity index (χ3v) is 2.28. The molecule has 0 fully saturated rings. The molecule has 0 radical (unpaired) electrons. The molecule has 1 rings (SSSR count). The fourth-order valence-corrected chi connectivity index (χ4v) is 1.42. The highest BCUT2D eigenvalue weighted by Gasteiger charge is 1.89. The van der Waals surface area contributed by atoms with E-state index in [1.807, 2.05) is 0 Å². The molecule has 48 valence electrons. The summed E-state index contributed by atoms with van der Waals surface area (Å²) in [5.41, 5.74) is 1.33. The zero-order chi connectivity index (χ0) is 6.85. The first kappa shape index (κ1) is 7.19. The van der Waals surface area contributed by atoms with Gasteiger partial charge in [0.1, 0.15) is 0 Å². The lowest BCUT2D eigenvalue weighted by molar-refractivity contribution is 1.54. The Morgan fingerprint density at radius 1 is 1.22 bits per heavy atom. The van der Waals surface area contributed by atoms with Gasteiger partial charge in [-0.1, -0.05) is 12.1 Å². The lowest BCUT2D eigenvalue weighted by atomic mass is 10.2. The number of hydrogen-bond donors (Lipinski definition) is 0. The summed E-state index contributed by atoms with van der Waals surface area (Å²) in [6.07, 6.45) is 0. The molecular formula is C7H10P2. The van der Waals surface area contributed by atoms with E-state index in [4.69, 9.17) is 0 Å². The van der Waals surface area contributed by atoms with Gasteiger partial charge in [-0.25, -0.2) is 0 Å². The molecule has 0 saturated carbocycles. The molecule has 1 aromatic carbocycles. The average molecular weight is 156 g/mol. The summed E-state index contributed by atoms with van der Waals surface area (Å²) in [6, 6.07) is 6.34. The molecule has 0 bridgehead atoms. The van der Waals surface area contributed by atoms with Crippen molar-refractivity contribution in [1.29, 1.82) is 0 Å². The molecule has 0 N–H and O–H groups in total. The standard InChI is InChI=1S/C7H10P2/c1-5-2-3-6(8)4-7(5)9/h2-4H,8-9H2,1H3. The van der Waals surface area contributed by atoms with Crippen LogP contribution < -0.4 is 10.6 Å². The van der Waals surface area contributed by atoms with Crippen molar-refractivity contribution in [2.75, 3.05) is 0 Å². The molecule has 0 nitrogen and oxygen atoms in total. The van der Waals surface area contributed by atoms with E-state index < -0.39 is 0 Å². The summed E-state index contributed by atoms with van der Waals surface area (Å²) in [4.78, 5) is 0. The zero-order valence-electron chi connectivity index (χ0n) is 5.39. The van der Waals surface area contributed by atoms with Crippen LogP contribution in [0.5, 0.6) is 0 Å². The van der Waals surface area contributed by atoms with Crippen molar-refractivity contribution >= 4 is 29.1 Å². The Kier molecular flexibility index (Phi) is 2.22. The topological polar surface area (TPSA) is 0 Å². The molecule has 0 amide bonds. The minimum absolute atomic E-state index is 1.24. The maximum Gasteiger partial charge on any atom is -0.0267 e. The van der Waals surface area contributed by atoms with Gasteiger partial charge in [0.25, 0.3) is 0 Å². The Labute approximate surface area is 60.5 Å². The molecule has 0 spiro atoms. The van der Waals surface area contributed by atoms with E-state index in [2.05, 4.69) is 43.6 Å². The predicted molar refractivity (Wildman–Crippen MR) is 49.9 cm³/mol. The maximum absolute atomic E-state index is 2.71. The van der Waals surface area contributed by atoms with Crippen LogP contribution in [0.3, 0.4) is 0 Å². The quantitative estimate of drug-likeness (QED) is 0.491. The summed E-state index contributed by atoms with van der Waals surface area (Å²) >= 11 is 0. The summed E-state index contributed by atoms with van der Waals surface area (Å²) in [6.45, 7) is 2.10. The summed E-state index contributed by atoms with van der Waals surface area (Å²) in [5.74, 6) is 0. The highest BCUT2D eigenvalue weighted by Crippen LogP contribution is 1.97. The van der Waals surface area contributed by atoms with Crippen LogP contribution in [0.2, 0.25) is 0 Å². The van der Waals surface area contributed by atoms with Crippen molar-refractivity contribution in [3.05, 3.63) is 23.8 Å². The second-order valence-corrected chi connectivity index (χ2v) is 3.40. The molecule has 0 aliphatic carbocycles. The minimum Gasteiger partial charge on any atom is -0.106 e. The highest BCUT2D eigenvalue weighted by atomic mass is 31.0. The van der Waals surface area contributed by atoms with Gasteiger partial charge in [-0.15, -0.1) is 18.5 Å². The Bertz CT molecular complexity index is 218. The van der Waals surface area contributed by atoms with Gasteiger partial charge in [-0.3, -0.25) is 0 Å². The van der Waals surface area contributed by atoms with Gasteiger partial charge in [-0.2, -0.15) is 0 Å². The molecule has 0 heterocycles. The summed E-state index contributed by atoms with van der Waals surface area (Å²) < 4.78 is 0. The summed E-state index contributed by atoms with van der Waals surface area (Å²) in [5, 5.41) is 2.52. The number of aryl methyl sites for hydroxylation is 1. The van der Waals surface area contributed by atoms with Crippen LogP contribution in [-0.2, 0) is 0 Å². The highest BCUT2D eigenvalue weighted by molar-refractivity contribution is 7.29. The Morgan fingerprint density at radius 2 is 1.89 bits per heavy atom.